The number of ketones is 1. The van der Waals surface area contributed by atoms with E-state index in [2.05, 4.69) is 0 Å². The normalized spacial score (nSPS) is 12.2. The first-order chi connectivity index (χ1) is 7.13. The van der Waals surface area contributed by atoms with Gasteiger partial charge in [0.15, 0.2) is 5.78 Å². The highest BCUT2D eigenvalue weighted by molar-refractivity contribution is 6.18. The minimum atomic E-state index is 0.0471. The SMILES string of the molecule is CC(=O)c1cccc(OCC(C)CCl)c1. The van der Waals surface area contributed by atoms with Gasteiger partial charge >= 0.3 is 0 Å². The molecule has 0 aliphatic carbocycles. The molecule has 1 aromatic carbocycles. The zero-order valence-corrected chi connectivity index (χ0v) is 9.75. The van der Waals surface area contributed by atoms with Crippen molar-refractivity contribution in [3.05, 3.63) is 29.8 Å². The van der Waals surface area contributed by atoms with Gasteiger partial charge in [-0.15, -0.1) is 11.6 Å². The molecule has 0 N–H and O–H groups in total. The first-order valence-corrected chi connectivity index (χ1v) is 5.46. The summed E-state index contributed by atoms with van der Waals surface area (Å²) in [6, 6.07) is 7.19. The molecule has 2 nitrogen and oxygen atoms in total. The van der Waals surface area contributed by atoms with Crippen molar-refractivity contribution in [3.8, 4) is 5.75 Å². The average Bonchev–Trinajstić information content (AvgIpc) is 2.26. The third kappa shape index (κ3) is 3.92. The molecule has 0 saturated heterocycles. The van der Waals surface area contributed by atoms with Crippen molar-refractivity contribution in [1.29, 1.82) is 0 Å². The largest absolute Gasteiger partial charge is 0.493 e. The summed E-state index contributed by atoms with van der Waals surface area (Å²) >= 11 is 5.67. The highest BCUT2D eigenvalue weighted by Crippen LogP contribution is 2.14. The van der Waals surface area contributed by atoms with Crippen LogP contribution in [0, 0.1) is 5.92 Å². The summed E-state index contributed by atoms with van der Waals surface area (Å²) in [5.74, 6) is 1.66. The predicted octanol–water partition coefficient (Wildman–Crippen LogP) is 3.14. The lowest BCUT2D eigenvalue weighted by Gasteiger charge is -2.10. The van der Waals surface area contributed by atoms with Gasteiger partial charge in [0.05, 0.1) is 6.61 Å². The van der Waals surface area contributed by atoms with Gasteiger partial charge in [0, 0.05) is 17.4 Å². The molecule has 0 amide bonds. The summed E-state index contributed by atoms with van der Waals surface area (Å²) in [6.45, 7) is 4.13. The van der Waals surface area contributed by atoms with Crippen LogP contribution in [-0.4, -0.2) is 18.3 Å². The van der Waals surface area contributed by atoms with Crippen molar-refractivity contribution in [2.24, 2.45) is 5.92 Å². The van der Waals surface area contributed by atoms with Crippen LogP contribution in [0.2, 0.25) is 0 Å². The third-order valence-electron chi connectivity index (χ3n) is 2.04. The molecule has 0 saturated carbocycles. The first kappa shape index (κ1) is 12.1. The fourth-order valence-corrected chi connectivity index (χ4v) is 1.18. The van der Waals surface area contributed by atoms with Gasteiger partial charge in [-0.3, -0.25) is 4.79 Å². The summed E-state index contributed by atoms with van der Waals surface area (Å²) in [5.41, 5.74) is 0.672. The molecular weight excluding hydrogens is 212 g/mol. The molecular formula is C12H15ClO2. The minimum absolute atomic E-state index is 0.0471. The molecule has 3 heteroatoms. The number of hydrogen-bond donors (Lipinski definition) is 0. The van der Waals surface area contributed by atoms with Crippen LogP contribution >= 0.6 is 11.6 Å². The van der Waals surface area contributed by atoms with E-state index in [1.807, 2.05) is 19.1 Å². The Morgan fingerprint density at radius 1 is 1.53 bits per heavy atom. The number of alkyl halides is 1. The standard InChI is InChI=1S/C12H15ClO2/c1-9(7-13)8-15-12-5-3-4-11(6-12)10(2)14/h3-6,9H,7-8H2,1-2H3. The third-order valence-corrected chi connectivity index (χ3v) is 2.57. The Labute approximate surface area is 95.2 Å². The van der Waals surface area contributed by atoms with Gasteiger partial charge in [0.2, 0.25) is 0 Å². The lowest BCUT2D eigenvalue weighted by atomic mass is 10.1. The van der Waals surface area contributed by atoms with E-state index in [-0.39, 0.29) is 5.78 Å². The van der Waals surface area contributed by atoms with Crippen LogP contribution in [0.3, 0.4) is 0 Å². The Balaban J connectivity index is 2.62. The fraction of sp³-hybridized carbons (Fsp3) is 0.417. The van der Waals surface area contributed by atoms with Crippen LogP contribution in [0.4, 0.5) is 0 Å². The van der Waals surface area contributed by atoms with Crippen molar-refractivity contribution < 1.29 is 9.53 Å². The van der Waals surface area contributed by atoms with E-state index in [9.17, 15) is 4.79 Å². The maximum absolute atomic E-state index is 11.1. The highest BCUT2D eigenvalue weighted by Gasteiger charge is 2.03. The van der Waals surface area contributed by atoms with Crippen LogP contribution in [0.25, 0.3) is 0 Å². The first-order valence-electron chi connectivity index (χ1n) is 4.93. The Bertz CT molecular complexity index is 336. The number of ether oxygens (including phenoxy) is 1. The quantitative estimate of drug-likeness (QED) is 0.570. The van der Waals surface area contributed by atoms with Crippen molar-refractivity contribution in [2.45, 2.75) is 13.8 Å². The molecule has 82 valence electrons. The lowest BCUT2D eigenvalue weighted by Crippen LogP contribution is -2.09. The van der Waals surface area contributed by atoms with Gasteiger partial charge in [-0.1, -0.05) is 19.1 Å². The molecule has 15 heavy (non-hydrogen) atoms. The number of carbonyl (C=O) groups excluding carboxylic acids is 1. The molecule has 0 fully saturated rings. The topological polar surface area (TPSA) is 26.3 Å². The number of rotatable bonds is 5. The monoisotopic (exact) mass is 226 g/mol. The van der Waals surface area contributed by atoms with E-state index in [0.29, 0.717) is 24.0 Å². The molecule has 0 aliphatic rings. The van der Waals surface area contributed by atoms with Gasteiger partial charge in [0.1, 0.15) is 5.75 Å². The van der Waals surface area contributed by atoms with Gasteiger partial charge in [-0.2, -0.15) is 0 Å². The number of Topliss-reactive ketones (excluding diaryl/α,β-unsaturated/α-hetero) is 1. The van der Waals surface area contributed by atoms with Crippen LogP contribution in [0.1, 0.15) is 24.2 Å². The molecule has 1 atom stereocenters. The van der Waals surface area contributed by atoms with Crippen LogP contribution < -0.4 is 4.74 Å². The second-order valence-electron chi connectivity index (χ2n) is 3.65. The van der Waals surface area contributed by atoms with E-state index in [1.165, 1.54) is 0 Å². The average molecular weight is 227 g/mol. The van der Waals surface area contributed by atoms with Gasteiger partial charge in [-0.05, 0) is 19.1 Å². The summed E-state index contributed by atoms with van der Waals surface area (Å²) in [5, 5.41) is 0. The van der Waals surface area contributed by atoms with E-state index in [1.54, 1.807) is 19.1 Å². The Hall–Kier alpha value is -1.02. The molecule has 0 radical (unpaired) electrons. The second kappa shape index (κ2) is 5.76. The van der Waals surface area contributed by atoms with Crippen molar-refractivity contribution >= 4 is 17.4 Å². The van der Waals surface area contributed by atoms with Gasteiger partial charge in [0.25, 0.3) is 0 Å². The number of carbonyl (C=O) groups is 1. The van der Waals surface area contributed by atoms with E-state index < -0.39 is 0 Å². The van der Waals surface area contributed by atoms with Crippen molar-refractivity contribution in [1.82, 2.24) is 0 Å². The second-order valence-corrected chi connectivity index (χ2v) is 3.96. The fourth-order valence-electron chi connectivity index (χ4n) is 1.09. The van der Waals surface area contributed by atoms with Crippen LogP contribution in [0.15, 0.2) is 24.3 Å². The lowest BCUT2D eigenvalue weighted by molar-refractivity contribution is 0.101. The van der Waals surface area contributed by atoms with E-state index in [0.717, 1.165) is 5.75 Å². The summed E-state index contributed by atoms with van der Waals surface area (Å²) in [4.78, 5) is 11.1. The highest BCUT2D eigenvalue weighted by atomic mass is 35.5. The molecule has 0 bridgehead atoms. The molecule has 0 aliphatic heterocycles. The summed E-state index contributed by atoms with van der Waals surface area (Å²) in [6.07, 6.45) is 0. The van der Waals surface area contributed by atoms with E-state index in [4.69, 9.17) is 16.3 Å². The zero-order chi connectivity index (χ0) is 11.3. The number of halogens is 1. The zero-order valence-electron chi connectivity index (χ0n) is 9.00. The maximum Gasteiger partial charge on any atom is 0.159 e. The Morgan fingerprint density at radius 3 is 2.87 bits per heavy atom. The smallest absolute Gasteiger partial charge is 0.159 e. The maximum atomic E-state index is 11.1. The van der Waals surface area contributed by atoms with Gasteiger partial charge in [-0.25, -0.2) is 0 Å². The van der Waals surface area contributed by atoms with E-state index >= 15 is 0 Å². The molecule has 1 rings (SSSR count). The molecule has 1 aromatic rings. The molecule has 1 unspecified atom stereocenters. The van der Waals surface area contributed by atoms with Crippen molar-refractivity contribution in [2.75, 3.05) is 12.5 Å². The number of hydrogen-bond acceptors (Lipinski definition) is 2. The summed E-state index contributed by atoms with van der Waals surface area (Å²) in [7, 11) is 0. The molecule has 0 aromatic heterocycles. The summed E-state index contributed by atoms with van der Waals surface area (Å²) < 4.78 is 5.51. The minimum Gasteiger partial charge on any atom is -0.493 e. The van der Waals surface area contributed by atoms with Crippen LogP contribution in [0.5, 0.6) is 5.75 Å². The van der Waals surface area contributed by atoms with Gasteiger partial charge < -0.3 is 4.74 Å². The number of benzene rings is 1. The van der Waals surface area contributed by atoms with Crippen LogP contribution in [-0.2, 0) is 0 Å². The Morgan fingerprint density at radius 2 is 2.27 bits per heavy atom. The predicted molar refractivity (Wildman–Crippen MR) is 61.8 cm³/mol. The molecule has 0 heterocycles. The van der Waals surface area contributed by atoms with Crippen molar-refractivity contribution in [3.63, 3.8) is 0 Å². The Kier molecular flexibility index (Phi) is 4.63. The molecule has 0 spiro atoms.